The molecular weight excluding hydrogens is 603 g/mol. The van der Waals surface area contributed by atoms with Crippen LogP contribution in [-0.2, 0) is 10.2 Å². The molecule has 2 fully saturated rings. The van der Waals surface area contributed by atoms with E-state index < -0.39 is 60.0 Å². The Labute approximate surface area is 269 Å². The molecule has 3 aromatic rings. The lowest BCUT2D eigenvalue weighted by atomic mass is 9.83. The number of hydrogen-bond acceptors (Lipinski definition) is 10. The minimum Gasteiger partial charge on any atom is -0.474 e. The van der Waals surface area contributed by atoms with Gasteiger partial charge in [0.2, 0.25) is 35.2 Å². The van der Waals surface area contributed by atoms with Crippen molar-refractivity contribution in [1.82, 2.24) is 29.9 Å². The molecule has 0 spiro atoms. The van der Waals surface area contributed by atoms with Crippen molar-refractivity contribution in [3.63, 3.8) is 0 Å². The first-order chi connectivity index (χ1) is 23.2. The van der Waals surface area contributed by atoms with Gasteiger partial charge in [0.25, 0.3) is 0 Å². The SMILES string of the molecule is [2H]C([2H])=C([2H])C(=O)N1CC[C@H](Oc2cc(O[C@@H](C)[C@@H]3C[C@@H](F)CN3C)nc(-c3noc(C(C)(C)c4c(F)cccc4F)n3)n2)C[C@H]1CC#N. The van der Waals surface area contributed by atoms with Crippen LogP contribution in [0.3, 0.4) is 0 Å². The first-order valence-corrected chi connectivity index (χ1v) is 14.9. The summed E-state index contributed by atoms with van der Waals surface area (Å²) in [7, 11) is 1.80. The zero-order valence-corrected chi connectivity index (χ0v) is 25.8. The summed E-state index contributed by atoms with van der Waals surface area (Å²) in [5, 5.41) is 13.4. The highest BCUT2D eigenvalue weighted by Gasteiger charge is 2.37. The van der Waals surface area contributed by atoms with E-state index in [0.29, 0.717) is 0 Å². The van der Waals surface area contributed by atoms with E-state index in [4.69, 9.17) is 18.1 Å². The Morgan fingerprint density at radius 1 is 1.28 bits per heavy atom. The molecule has 0 aliphatic carbocycles. The van der Waals surface area contributed by atoms with Gasteiger partial charge in [-0.25, -0.2) is 13.2 Å². The van der Waals surface area contributed by atoms with Crippen molar-refractivity contribution in [1.29, 1.82) is 5.26 Å². The lowest BCUT2D eigenvalue weighted by Gasteiger charge is -2.37. The van der Waals surface area contributed by atoms with Gasteiger partial charge in [-0.05, 0) is 52.4 Å². The van der Waals surface area contributed by atoms with Crippen LogP contribution in [0.4, 0.5) is 13.2 Å². The number of carbonyl (C=O) groups is 1. The number of halogens is 3. The van der Waals surface area contributed by atoms with Gasteiger partial charge in [0.1, 0.15) is 30.0 Å². The van der Waals surface area contributed by atoms with Crippen LogP contribution in [0, 0.1) is 23.0 Å². The van der Waals surface area contributed by atoms with Crippen molar-refractivity contribution < 1.29 is 36.1 Å². The third-order valence-electron chi connectivity index (χ3n) is 8.48. The van der Waals surface area contributed by atoms with Gasteiger partial charge >= 0.3 is 0 Å². The van der Waals surface area contributed by atoms with Gasteiger partial charge in [-0.15, -0.1) is 0 Å². The second-order valence-corrected chi connectivity index (χ2v) is 12.1. The Morgan fingerprint density at radius 3 is 2.70 bits per heavy atom. The number of nitriles is 1. The lowest BCUT2D eigenvalue weighted by Crippen LogP contribution is -2.48. The molecule has 2 aromatic heterocycles. The van der Waals surface area contributed by atoms with Crippen molar-refractivity contribution >= 4 is 5.91 Å². The molecule has 0 unspecified atom stereocenters. The van der Waals surface area contributed by atoms with Crippen LogP contribution in [0.2, 0.25) is 0 Å². The average molecular weight is 643 g/mol. The number of rotatable bonds is 10. The van der Waals surface area contributed by atoms with E-state index in [9.17, 15) is 23.2 Å². The molecular formula is C32H36F3N7O4. The fraction of sp³-hybridized carbons (Fsp3) is 0.500. The minimum absolute atomic E-state index is 0.0299. The molecule has 1 aromatic carbocycles. The summed E-state index contributed by atoms with van der Waals surface area (Å²) in [5.74, 6) is -2.63. The number of amides is 1. The maximum Gasteiger partial charge on any atom is 0.246 e. The molecule has 2 aliphatic heterocycles. The fourth-order valence-electron chi connectivity index (χ4n) is 6.11. The Morgan fingerprint density at radius 2 is 2.02 bits per heavy atom. The number of hydrogen-bond donors (Lipinski definition) is 0. The van der Waals surface area contributed by atoms with Crippen LogP contribution >= 0.6 is 0 Å². The Bertz CT molecular complexity index is 1750. The third kappa shape index (κ3) is 6.84. The summed E-state index contributed by atoms with van der Waals surface area (Å²) in [6.07, 6.45) is -1.41. The maximum absolute atomic E-state index is 14.7. The average Bonchev–Trinajstić information content (AvgIpc) is 3.67. The van der Waals surface area contributed by atoms with Crippen molar-refractivity contribution in [2.75, 3.05) is 20.1 Å². The normalized spacial score (nSPS) is 23.5. The first kappa shape index (κ1) is 28.9. The molecule has 1 amide bonds. The number of benzene rings is 1. The van der Waals surface area contributed by atoms with Gasteiger partial charge in [-0.2, -0.15) is 20.2 Å². The molecule has 11 nitrogen and oxygen atoms in total. The van der Waals surface area contributed by atoms with E-state index in [-0.39, 0.29) is 79.7 Å². The monoisotopic (exact) mass is 642 g/mol. The van der Waals surface area contributed by atoms with Gasteiger partial charge in [0.15, 0.2) is 0 Å². The summed E-state index contributed by atoms with van der Waals surface area (Å²) in [6, 6.07) is 5.31. The van der Waals surface area contributed by atoms with E-state index in [2.05, 4.69) is 20.1 Å². The molecule has 14 heteroatoms. The summed E-state index contributed by atoms with van der Waals surface area (Å²) in [6.45, 7) is 4.28. The maximum atomic E-state index is 14.7. The highest BCUT2D eigenvalue weighted by atomic mass is 19.1. The summed E-state index contributed by atoms with van der Waals surface area (Å²) in [4.78, 5) is 29.2. The van der Waals surface area contributed by atoms with Crippen molar-refractivity contribution in [2.24, 2.45) is 0 Å². The number of aromatic nitrogens is 4. The topological polar surface area (TPSA) is 130 Å². The van der Waals surface area contributed by atoms with Crippen LogP contribution in [0.25, 0.3) is 11.6 Å². The second kappa shape index (κ2) is 13.5. The van der Waals surface area contributed by atoms with Crippen molar-refractivity contribution in [3.05, 3.63) is 59.9 Å². The predicted molar refractivity (Wildman–Crippen MR) is 159 cm³/mol. The van der Waals surface area contributed by atoms with Gasteiger partial charge < -0.3 is 18.9 Å². The first-order valence-electron chi connectivity index (χ1n) is 16.4. The highest BCUT2D eigenvalue weighted by Crippen LogP contribution is 2.35. The van der Waals surface area contributed by atoms with Crippen LogP contribution < -0.4 is 9.47 Å². The zero-order valence-electron chi connectivity index (χ0n) is 28.8. The van der Waals surface area contributed by atoms with E-state index in [1.54, 1.807) is 14.0 Å². The Balaban J connectivity index is 1.45. The molecule has 4 heterocycles. The number of alkyl halides is 1. The molecule has 0 saturated carbocycles. The lowest BCUT2D eigenvalue weighted by molar-refractivity contribution is -0.130. The van der Waals surface area contributed by atoms with Gasteiger partial charge in [0, 0.05) is 43.6 Å². The quantitative estimate of drug-likeness (QED) is 0.285. The summed E-state index contributed by atoms with van der Waals surface area (Å²) in [5.41, 5.74) is -1.64. The molecule has 2 saturated heterocycles. The summed E-state index contributed by atoms with van der Waals surface area (Å²) >= 11 is 0. The van der Waals surface area contributed by atoms with Crippen LogP contribution in [0.5, 0.6) is 11.8 Å². The van der Waals surface area contributed by atoms with Crippen LogP contribution in [-0.4, -0.2) is 86.4 Å². The predicted octanol–water partition coefficient (Wildman–Crippen LogP) is 4.78. The van der Waals surface area contributed by atoms with E-state index >= 15 is 0 Å². The van der Waals surface area contributed by atoms with Crippen LogP contribution in [0.1, 0.15) is 62.0 Å². The number of ether oxygens (including phenoxy) is 2. The molecule has 2 aliphatic rings. The van der Waals surface area contributed by atoms with E-state index in [1.165, 1.54) is 30.9 Å². The number of nitrogens with zero attached hydrogens (tertiary/aromatic N) is 7. The Hall–Kier alpha value is -4.51. The standard InChI is InChI=1S/C32H36F3N7O4/c1-6-27(43)42-13-11-21(15-20(42)10-12-36)45-26-16-25(44-18(2)24-14-19(33)17-41(24)5)37-29(38-26)30-39-31(46-40-30)32(3,4)28-22(34)8-7-9-23(28)35/h6-9,16,18-21,24H,1,10-11,13-15,17H2,2-5H3/t18-,19+,20+,21-,24-/m0/s1/i1D2,6D. The number of piperidine rings is 1. The third-order valence-corrected chi connectivity index (χ3v) is 8.48. The van der Waals surface area contributed by atoms with Gasteiger partial charge in [0.05, 0.1) is 28.1 Å². The molecule has 0 N–H and O–H groups in total. The highest BCUT2D eigenvalue weighted by molar-refractivity contribution is 5.87. The van der Waals surface area contributed by atoms with Gasteiger partial charge in [-0.3, -0.25) is 9.69 Å². The molecule has 0 radical (unpaired) electrons. The fourth-order valence-corrected chi connectivity index (χ4v) is 6.11. The summed E-state index contributed by atoms with van der Waals surface area (Å²) < 4.78 is 83.9. The smallest absolute Gasteiger partial charge is 0.246 e. The molecule has 46 heavy (non-hydrogen) atoms. The van der Waals surface area contributed by atoms with Crippen molar-refractivity contribution in [2.45, 2.75) is 82.3 Å². The number of carbonyl (C=O) groups excluding carboxylic acids is 1. The molecule has 244 valence electrons. The van der Waals surface area contributed by atoms with Crippen molar-refractivity contribution in [3.8, 4) is 29.5 Å². The largest absolute Gasteiger partial charge is 0.474 e. The zero-order chi connectivity index (χ0) is 35.6. The molecule has 5 rings (SSSR count). The van der Waals surface area contributed by atoms with E-state index in [0.717, 1.165) is 12.1 Å². The second-order valence-electron chi connectivity index (χ2n) is 12.1. The Kier molecular flexibility index (Phi) is 8.47. The minimum atomic E-state index is -1.38. The molecule has 0 bridgehead atoms. The number of likely N-dealkylation sites (tertiary alicyclic amines) is 2. The van der Waals surface area contributed by atoms with E-state index in [1.807, 2.05) is 11.0 Å². The van der Waals surface area contributed by atoms with Crippen LogP contribution in [0.15, 0.2) is 41.4 Å². The molecule has 5 atom stereocenters. The van der Waals surface area contributed by atoms with Gasteiger partial charge in [-0.1, -0.05) is 17.8 Å². The number of likely N-dealkylation sites (N-methyl/N-ethyl adjacent to an activating group) is 1.